The first-order chi connectivity index (χ1) is 11.1. The van der Waals surface area contributed by atoms with E-state index < -0.39 is 0 Å². The van der Waals surface area contributed by atoms with Crippen LogP contribution in [0.2, 0.25) is 5.28 Å². The highest BCUT2D eigenvalue weighted by atomic mass is 35.5. The number of hydrogen-bond acceptors (Lipinski definition) is 3. The van der Waals surface area contributed by atoms with Crippen molar-refractivity contribution < 1.29 is 4.79 Å². The number of pyridine rings is 1. The molecule has 2 heterocycles. The summed E-state index contributed by atoms with van der Waals surface area (Å²) in [7, 11) is 0. The molecule has 0 saturated heterocycles. The van der Waals surface area contributed by atoms with Crippen LogP contribution in [-0.4, -0.2) is 20.4 Å². The summed E-state index contributed by atoms with van der Waals surface area (Å²) in [5, 5.41) is 3.32. The van der Waals surface area contributed by atoms with Crippen LogP contribution in [0, 0.1) is 0 Å². The molecule has 0 spiro atoms. The zero-order valence-electron chi connectivity index (χ0n) is 13.0. The molecule has 5 nitrogen and oxygen atoms in total. The third-order valence-electron chi connectivity index (χ3n) is 3.63. The van der Waals surface area contributed by atoms with Crippen LogP contribution < -0.4 is 5.32 Å². The number of benzene rings is 1. The predicted molar refractivity (Wildman–Crippen MR) is 90.5 cm³/mol. The fourth-order valence-corrected chi connectivity index (χ4v) is 2.86. The lowest BCUT2D eigenvalue weighted by Gasteiger charge is -2.09. The van der Waals surface area contributed by atoms with Crippen molar-refractivity contribution in [2.75, 3.05) is 0 Å². The Morgan fingerprint density at radius 1 is 1.26 bits per heavy atom. The van der Waals surface area contributed by atoms with Crippen LogP contribution in [0.3, 0.4) is 0 Å². The number of carbonyl (C=O) groups excluding carboxylic acids is 1. The maximum atomic E-state index is 12.3. The number of hydrogen-bond donors (Lipinski definition) is 1. The van der Waals surface area contributed by atoms with Gasteiger partial charge in [0.25, 0.3) is 5.91 Å². The zero-order valence-corrected chi connectivity index (χ0v) is 13.7. The third-order valence-corrected chi connectivity index (χ3v) is 3.89. The van der Waals surface area contributed by atoms with Gasteiger partial charge in [0.1, 0.15) is 0 Å². The molecule has 0 aliphatic carbocycles. The Labute approximate surface area is 139 Å². The number of imidazole rings is 1. The number of nitrogens with one attached hydrogen (secondary N) is 1. The molecule has 0 atom stereocenters. The Morgan fingerprint density at radius 2 is 2.00 bits per heavy atom. The Hall–Kier alpha value is -2.40. The first-order valence-electron chi connectivity index (χ1n) is 7.41. The van der Waals surface area contributed by atoms with E-state index in [1.165, 1.54) is 0 Å². The van der Waals surface area contributed by atoms with E-state index in [9.17, 15) is 4.79 Å². The third kappa shape index (κ3) is 3.19. The van der Waals surface area contributed by atoms with Crippen molar-refractivity contribution in [2.45, 2.75) is 26.4 Å². The summed E-state index contributed by atoms with van der Waals surface area (Å²) < 4.78 is 1.94. The van der Waals surface area contributed by atoms with Crippen LogP contribution in [-0.2, 0) is 6.54 Å². The molecular weight excluding hydrogens is 312 g/mol. The molecule has 1 aromatic carbocycles. The Bertz CT molecular complexity index is 842. The second-order valence-electron chi connectivity index (χ2n) is 5.59. The molecular formula is C17H17ClN4O. The van der Waals surface area contributed by atoms with E-state index in [4.69, 9.17) is 11.6 Å². The number of rotatable bonds is 4. The van der Waals surface area contributed by atoms with Crippen LogP contribution in [0.5, 0.6) is 0 Å². The maximum absolute atomic E-state index is 12.3. The van der Waals surface area contributed by atoms with Gasteiger partial charge < -0.3 is 9.88 Å². The van der Waals surface area contributed by atoms with Gasteiger partial charge in [-0.25, -0.2) is 4.98 Å². The monoisotopic (exact) mass is 328 g/mol. The molecule has 0 saturated carbocycles. The van der Waals surface area contributed by atoms with Crippen molar-refractivity contribution in [1.29, 1.82) is 0 Å². The summed E-state index contributed by atoms with van der Waals surface area (Å²) >= 11 is 6.18. The van der Waals surface area contributed by atoms with Gasteiger partial charge in [0.05, 0.1) is 11.0 Å². The highest BCUT2D eigenvalue weighted by molar-refractivity contribution is 6.29. The number of halogens is 1. The predicted octanol–water partition coefficient (Wildman–Crippen LogP) is 3.60. The first kappa shape index (κ1) is 15.5. The van der Waals surface area contributed by atoms with Crippen molar-refractivity contribution >= 4 is 28.5 Å². The molecule has 3 aromatic rings. The first-order valence-corrected chi connectivity index (χ1v) is 7.78. The molecule has 1 N–H and O–H groups in total. The summed E-state index contributed by atoms with van der Waals surface area (Å²) in [4.78, 5) is 20.6. The smallest absolute Gasteiger partial charge is 0.251 e. The summed E-state index contributed by atoms with van der Waals surface area (Å²) in [5.74, 6) is -0.140. The largest absolute Gasteiger partial charge is 0.348 e. The number of aromatic nitrogens is 3. The van der Waals surface area contributed by atoms with E-state index >= 15 is 0 Å². The number of amides is 1. The summed E-state index contributed by atoms with van der Waals surface area (Å²) in [6.07, 6.45) is 3.40. The molecule has 0 bridgehead atoms. The second kappa shape index (κ2) is 6.38. The van der Waals surface area contributed by atoms with Gasteiger partial charge in [-0.2, -0.15) is 0 Å². The van der Waals surface area contributed by atoms with E-state index in [0.29, 0.717) is 17.4 Å². The number of carbonyl (C=O) groups is 1. The molecule has 0 aliphatic rings. The number of nitrogens with zero attached hydrogens (tertiary/aromatic N) is 3. The van der Waals surface area contributed by atoms with E-state index in [1.807, 2.05) is 36.6 Å². The topological polar surface area (TPSA) is 59.8 Å². The average molecular weight is 329 g/mol. The van der Waals surface area contributed by atoms with E-state index in [-0.39, 0.29) is 11.9 Å². The van der Waals surface area contributed by atoms with Crippen LogP contribution in [0.15, 0.2) is 42.7 Å². The van der Waals surface area contributed by atoms with Gasteiger partial charge in [0.2, 0.25) is 5.28 Å². The lowest BCUT2D eigenvalue weighted by Crippen LogP contribution is -2.22. The van der Waals surface area contributed by atoms with Gasteiger partial charge in [-0.05, 0) is 61.3 Å². The molecule has 23 heavy (non-hydrogen) atoms. The van der Waals surface area contributed by atoms with Crippen LogP contribution in [0.1, 0.15) is 35.8 Å². The Balaban J connectivity index is 1.81. The summed E-state index contributed by atoms with van der Waals surface area (Å²) in [5.41, 5.74) is 3.22. The molecule has 2 aromatic heterocycles. The molecule has 118 valence electrons. The van der Waals surface area contributed by atoms with Crippen molar-refractivity contribution in [2.24, 2.45) is 0 Å². The molecule has 0 fully saturated rings. The average Bonchev–Trinajstić information content (AvgIpc) is 2.88. The highest BCUT2D eigenvalue weighted by Crippen LogP contribution is 2.25. The van der Waals surface area contributed by atoms with Crippen molar-refractivity contribution in [3.63, 3.8) is 0 Å². The fraction of sp³-hybridized carbons (Fsp3) is 0.235. The highest BCUT2D eigenvalue weighted by Gasteiger charge is 2.14. The van der Waals surface area contributed by atoms with Crippen LogP contribution in [0.25, 0.3) is 11.0 Å². The molecule has 3 rings (SSSR count). The minimum absolute atomic E-state index is 0.140. The van der Waals surface area contributed by atoms with Crippen LogP contribution >= 0.6 is 11.6 Å². The van der Waals surface area contributed by atoms with E-state index in [2.05, 4.69) is 15.3 Å². The quantitative estimate of drug-likeness (QED) is 0.796. The SMILES string of the molecule is CC(C)n1c(Cl)nc2cc(C(=O)NCc3ccncc3)ccc21. The molecule has 0 unspecified atom stereocenters. The van der Waals surface area contributed by atoms with Gasteiger partial charge in [0.15, 0.2) is 0 Å². The minimum atomic E-state index is -0.140. The number of fused-ring (bicyclic) bond motifs is 1. The summed E-state index contributed by atoms with van der Waals surface area (Å²) in [6, 6.07) is 9.39. The normalized spacial score (nSPS) is 11.1. The lowest BCUT2D eigenvalue weighted by atomic mass is 10.1. The maximum Gasteiger partial charge on any atom is 0.251 e. The molecule has 1 amide bonds. The van der Waals surface area contributed by atoms with Crippen molar-refractivity contribution in [1.82, 2.24) is 19.9 Å². The fourth-order valence-electron chi connectivity index (χ4n) is 2.49. The van der Waals surface area contributed by atoms with Gasteiger partial charge in [0, 0.05) is 30.5 Å². The van der Waals surface area contributed by atoms with E-state index in [0.717, 1.165) is 16.6 Å². The van der Waals surface area contributed by atoms with Gasteiger partial charge >= 0.3 is 0 Å². The molecule has 6 heteroatoms. The second-order valence-corrected chi connectivity index (χ2v) is 5.92. The Kier molecular flexibility index (Phi) is 4.30. The Morgan fingerprint density at radius 3 is 2.70 bits per heavy atom. The van der Waals surface area contributed by atoms with Crippen molar-refractivity contribution in [3.8, 4) is 0 Å². The minimum Gasteiger partial charge on any atom is -0.348 e. The van der Waals surface area contributed by atoms with Gasteiger partial charge in [-0.3, -0.25) is 9.78 Å². The standard InChI is InChI=1S/C17H17ClN4O/c1-11(2)22-15-4-3-13(9-14(15)21-17(22)18)16(23)20-10-12-5-7-19-8-6-12/h3-9,11H,10H2,1-2H3,(H,20,23). The van der Waals surface area contributed by atoms with E-state index in [1.54, 1.807) is 24.5 Å². The lowest BCUT2D eigenvalue weighted by molar-refractivity contribution is 0.0951. The van der Waals surface area contributed by atoms with Gasteiger partial charge in [-0.1, -0.05) is 0 Å². The van der Waals surface area contributed by atoms with Crippen LogP contribution in [0.4, 0.5) is 0 Å². The summed E-state index contributed by atoms with van der Waals surface area (Å²) in [6.45, 7) is 4.55. The van der Waals surface area contributed by atoms with Crippen molar-refractivity contribution in [3.05, 3.63) is 59.1 Å². The van der Waals surface area contributed by atoms with Gasteiger partial charge in [-0.15, -0.1) is 0 Å². The molecule has 0 aliphatic heterocycles. The zero-order chi connectivity index (χ0) is 16.4. The molecule has 0 radical (unpaired) electrons.